The molecule has 1 saturated carbocycles. The van der Waals surface area contributed by atoms with Gasteiger partial charge in [-0.2, -0.15) is 0 Å². The maximum atomic E-state index is 5.54. The van der Waals surface area contributed by atoms with Gasteiger partial charge in [-0.1, -0.05) is 0 Å². The molecule has 3 nitrogen and oxygen atoms in total. The van der Waals surface area contributed by atoms with Crippen molar-refractivity contribution in [2.45, 2.75) is 31.7 Å². The zero-order valence-electron chi connectivity index (χ0n) is 8.98. The Morgan fingerprint density at radius 3 is 3.07 bits per heavy atom. The number of hydrogen-bond acceptors (Lipinski definition) is 3. The summed E-state index contributed by atoms with van der Waals surface area (Å²) in [6.07, 6.45) is 8.54. The van der Waals surface area contributed by atoms with Gasteiger partial charge in [0.2, 0.25) is 0 Å². The monoisotopic (exact) mass is 206 g/mol. The number of unbranched alkanes of at least 4 members (excludes halogenated alkanes) is 1. The average molecular weight is 206 g/mol. The highest BCUT2D eigenvalue weighted by atomic mass is 16.5. The smallest absolute Gasteiger partial charge is 0.137 e. The summed E-state index contributed by atoms with van der Waals surface area (Å²) in [5, 5.41) is 3.49. The molecule has 0 aromatic carbocycles. The first-order valence-electron chi connectivity index (χ1n) is 5.71. The Labute approximate surface area is 90.9 Å². The molecule has 15 heavy (non-hydrogen) atoms. The second-order valence-corrected chi connectivity index (χ2v) is 3.97. The third-order valence-corrected chi connectivity index (χ3v) is 2.48. The summed E-state index contributed by atoms with van der Waals surface area (Å²) < 4.78 is 5.54. The van der Waals surface area contributed by atoms with Crippen molar-refractivity contribution in [2.24, 2.45) is 0 Å². The van der Waals surface area contributed by atoms with E-state index in [1.807, 2.05) is 12.1 Å². The SMILES string of the molecule is c1cncc(OCCCCNC2CC2)c1. The van der Waals surface area contributed by atoms with Crippen molar-refractivity contribution in [1.29, 1.82) is 0 Å². The molecule has 0 saturated heterocycles. The largest absolute Gasteiger partial charge is 0.492 e. The summed E-state index contributed by atoms with van der Waals surface area (Å²) in [7, 11) is 0. The lowest BCUT2D eigenvalue weighted by atomic mass is 10.3. The fraction of sp³-hybridized carbons (Fsp3) is 0.583. The van der Waals surface area contributed by atoms with Crippen LogP contribution >= 0.6 is 0 Å². The predicted molar refractivity (Wildman–Crippen MR) is 60.0 cm³/mol. The minimum absolute atomic E-state index is 0.790. The first kappa shape index (κ1) is 10.4. The van der Waals surface area contributed by atoms with Gasteiger partial charge in [-0.15, -0.1) is 0 Å². The maximum Gasteiger partial charge on any atom is 0.137 e. The number of ether oxygens (including phenoxy) is 1. The summed E-state index contributed by atoms with van der Waals surface area (Å²) in [5.41, 5.74) is 0. The van der Waals surface area contributed by atoms with E-state index in [9.17, 15) is 0 Å². The van der Waals surface area contributed by atoms with Crippen molar-refractivity contribution in [1.82, 2.24) is 10.3 Å². The van der Waals surface area contributed by atoms with Gasteiger partial charge in [0.05, 0.1) is 12.8 Å². The van der Waals surface area contributed by atoms with E-state index in [2.05, 4.69) is 10.3 Å². The molecule has 3 heteroatoms. The number of pyridine rings is 1. The first-order valence-corrected chi connectivity index (χ1v) is 5.71. The molecule has 1 N–H and O–H groups in total. The van der Waals surface area contributed by atoms with E-state index in [4.69, 9.17) is 4.74 Å². The van der Waals surface area contributed by atoms with Gasteiger partial charge in [0.1, 0.15) is 5.75 Å². The number of nitrogens with zero attached hydrogens (tertiary/aromatic N) is 1. The predicted octanol–water partition coefficient (Wildman–Crippen LogP) is 1.99. The van der Waals surface area contributed by atoms with Crippen LogP contribution in [-0.4, -0.2) is 24.2 Å². The molecule has 1 aliphatic rings. The van der Waals surface area contributed by atoms with Gasteiger partial charge in [-0.3, -0.25) is 4.98 Å². The van der Waals surface area contributed by atoms with E-state index >= 15 is 0 Å². The van der Waals surface area contributed by atoms with Gasteiger partial charge in [-0.25, -0.2) is 0 Å². The molecular weight excluding hydrogens is 188 g/mol. The molecule has 0 radical (unpaired) electrons. The van der Waals surface area contributed by atoms with E-state index in [1.54, 1.807) is 12.4 Å². The zero-order chi connectivity index (χ0) is 10.3. The van der Waals surface area contributed by atoms with Crippen LogP contribution in [0.15, 0.2) is 24.5 Å². The van der Waals surface area contributed by atoms with Crippen LogP contribution in [0.5, 0.6) is 5.75 Å². The van der Waals surface area contributed by atoms with Crippen LogP contribution in [0, 0.1) is 0 Å². The van der Waals surface area contributed by atoms with E-state index in [-0.39, 0.29) is 0 Å². The maximum absolute atomic E-state index is 5.54. The quantitative estimate of drug-likeness (QED) is 0.693. The van der Waals surface area contributed by atoms with E-state index in [0.717, 1.165) is 31.4 Å². The van der Waals surface area contributed by atoms with Crippen LogP contribution in [0.4, 0.5) is 0 Å². The summed E-state index contributed by atoms with van der Waals surface area (Å²) in [5.74, 6) is 0.868. The minimum Gasteiger partial charge on any atom is -0.492 e. The Hall–Kier alpha value is -1.09. The zero-order valence-corrected chi connectivity index (χ0v) is 8.98. The molecule has 1 aromatic heterocycles. The van der Waals surface area contributed by atoms with Crippen LogP contribution in [-0.2, 0) is 0 Å². The third kappa shape index (κ3) is 4.30. The minimum atomic E-state index is 0.790. The van der Waals surface area contributed by atoms with Crippen molar-refractivity contribution >= 4 is 0 Å². The third-order valence-electron chi connectivity index (χ3n) is 2.48. The summed E-state index contributed by atoms with van der Waals surface area (Å²) in [6, 6.07) is 4.66. The molecule has 0 aliphatic heterocycles. The molecule has 0 bridgehead atoms. The van der Waals surface area contributed by atoms with Crippen LogP contribution in [0.1, 0.15) is 25.7 Å². The van der Waals surface area contributed by atoms with E-state index in [0.29, 0.717) is 0 Å². The van der Waals surface area contributed by atoms with Crippen molar-refractivity contribution in [3.8, 4) is 5.75 Å². The summed E-state index contributed by atoms with van der Waals surface area (Å²) in [4.78, 5) is 3.99. The van der Waals surface area contributed by atoms with Gasteiger partial charge in [0, 0.05) is 12.2 Å². The normalized spacial score (nSPS) is 15.2. The van der Waals surface area contributed by atoms with Gasteiger partial charge >= 0.3 is 0 Å². The number of rotatable bonds is 7. The highest BCUT2D eigenvalue weighted by Crippen LogP contribution is 2.18. The van der Waals surface area contributed by atoms with Crippen molar-refractivity contribution in [3.63, 3.8) is 0 Å². The second-order valence-electron chi connectivity index (χ2n) is 3.97. The van der Waals surface area contributed by atoms with Crippen molar-refractivity contribution < 1.29 is 4.74 Å². The van der Waals surface area contributed by atoms with Gasteiger partial charge in [-0.05, 0) is 44.4 Å². The molecule has 2 rings (SSSR count). The fourth-order valence-corrected chi connectivity index (χ4v) is 1.44. The van der Waals surface area contributed by atoms with Crippen molar-refractivity contribution in [2.75, 3.05) is 13.2 Å². The molecule has 0 atom stereocenters. The molecule has 1 aliphatic carbocycles. The second kappa shape index (κ2) is 5.71. The van der Waals surface area contributed by atoms with Crippen LogP contribution in [0.2, 0.25) is 0 Å². The van der Waals surface area contributed by atoms with Crippen molar-refractivity contribution in [3.05, 3.63) is 24.5 Å². The Morgan fingerprint density at radius 2 is 2.33 bits per heavy atom. The molecule has 82 valence electrons. The van der Waals surface area contributed by atoms with E-state index < -0.39 is 0 Å². The molecule has 0 unspecified atom stereocenters. The molecule has 1 heterocycles. The first-order chi connectivity index (χ1) is 7.45. The molecule has 0 spiro atoms. The van der Waals surface area contributed by atoms with E-state index in [1.165, 1.54) is 19.3 Å². The van der Waals surface area contributed by atoms with Crippen LogP contribution < -0.4 is 10.1 Å². The highest BCUT2D eigenvalue weighted by Gasteiger charge is 2.19. The summed E-state index contributed by atoms with van der Waals surface area (Å²) in [6.45, 7) is 1.92. The lowest BCUT2D eigenvalue weighted by molar-refractivity contribution is 0.304. The molecular formula is C12H18N2O. The molecule has 1 aromatic rings. The fourth-order valence-electron chi connectivity index (χ4n) is 1.44. The standard InChI is InChI=1S/C12H18N2O/c1(8-14-11-5-6-11)2-9-15-12-4-3-7-13-10-12/h3-4,7,10-11,14H,1-2,5-6,8-9H2. The topological polar surface area (TPSA) is 34.1 Å². The van der Waals surface area contributed by atoms with Crippen LogP contribution in [0.25, 0.3) is 0 Å². The number of hydrogen-bond donors (Lipinski definition) is 1. The highest BCUT2D eigenvalue weighted by molar-refractivity contribution is 5.15. The van der Waals surface area contributed by atoms with Crippen LogP contribution in [0.3, 0.4) is 0 Å². The average Bonchev–Trinajstić information content (AvgIpc) is 3.09. The van der Waals surface area contributed by atoms with Gasteiger partial charge in [0.25, 0.3) is 0 Å². The number of aromatic nitrogens is 1. The molecule has 0 amide bonds. The Kier molecular flexibility index (Phi) is 3.97. The van der Waals surface area contributed by atoms with Gasteiger partial charge in [0.15, 0.2) is 0 Å². The Morgan fingerprint density at radius 1 is 1.40 bits per heavy atom. The lowest BCUT2D eigenvalue weighted by Crippen LogP contribution is -2.17. The summed E-state index contributed by atoms with van der Waals surface area (Å²) >= 11 is 0. The Bertz CT molecular complexity index is 272. The number of nitrogens with one attached hydrogen (secondary N) is 1. The molecule has 1 fully saturated rings. The Balaban J connectivity index is 1.47. The lowest BCUT2D eigenvalue weighted by Gasteiger charge is -2.05. The van der Waals surface area contributed by atoms with Gasteiger partial charge < -0.3 is 10.1 Å².